The van der Waals surface area contributed by atoms with Gasteiger partial charge in [-0.05, 0) is 17.7 Å². The van der Waals surface area contributed by atoms with Crippen LogP contribution in [0.25, 0.3) is 11.3 Å². The number of benzene rings is 1. The summed E-state index contributed by atoms with van der Waals surface area (Å²) in [7, 11) is 1.95. The van der Waals surface area contributed by atoms with Crippen LogP contribution in [0.15, 0.2) is 24.4 Å². The highest BCUT2D eigenvalue weighted by molar-refractivity contribution is 6.30. The van der Waals surface area contributed by atoms with E-state index in [0.717, 1.165) is 17.1 Å². The molecule has 0 atom stereocenters. The number of aromatic nitrogens is 2. The van der Waals surface area contributed by atoms with E-state index in [1.165, 1.54) is 16.7 Å². The molecule has 0 N–H and O–H groups in total. The standard InChI is InChI=1S/C11H9ClN2/c1-14-6-8-4-7-5-9(12)2-3-10(7)11(8)13-14/h2-3,5-6H,4H2,1H3. The van der Waals surface area contributed by atoms with Crippen LogP contribution in [0.3, 0.4) is 0 Å². The summed E-state index contributed by atoms with van der Waals surface area (Å²) in [6.07, 6.45) is 3.03. The summed E-state index contributed by atoms with van der Waals surface area (Å²) in [5, 5.41) is 5.24. The number of fused-ring (bicyclic) bond motifs is 3. The molecule has 3 rings (SSSR count). The Morgan fingerprint density at radius 1 is 1.36 bits per heavy atom. The van der Waals surface area contributed by atoms with Crippen molar-refractivity contribution in [1.29, 1.82) is 0 Å². The molecule has 0 fully saturated rings. The molecule has 14 heavy (non-hydrogen) atoms. The van der Waals surface area contributed by atoms with Gasteiger partial charge in [0, 0.05) is 35.8 Å². The average Bonchev–Trinajstić information content (AvgIpc) is 2.59. The van der Waals surface area contributed by atoms with E-state index in [0.29, 0.717) is 0 Å². The Kier molecular flexibility index (Phi) is 1.50. The first kappa shape index (κ1) is 8.06. The number of nitrogens with zero attached hydrogens (tertiary/aromatic N) is 2. The maximum atomic E-state index is 5.94. The lowest BCUT2D eigenvalue weighted by Gasteiger charge is -1.99. The largest absolute Gasteiger partial charge is 0.275 e. The third-order valence-electron chi connectivity index (χ3n) is 2.61. The third-order valence-corrected chi connectivity index (χ3v) is 2.84. The smallest absolute Gasteiger partial charge is 0.0961 e. The molecule has 0 unspecified atom stereocenters. The molecule has 0 bridgehead atoms. The highest BCUT2D eigenvalue weighted by Crippen LogP contribution is 2.36. The number of halogens is 1. The zero-order valence-corrected chi connectivity index (χ0v) is 8.54. The molecule has 70 valence electrons. The minimum Gasteiger partial charge on any atom is -0.275 e. The molecule has 0 saturated heterocycles. The maximum Gasteiger partial charge on any atom is 0.0961 e. The van der Waals surface area contributed by atoms with Crippen LogP contribution < -0.4 is 0 Å². The van der Waals surface area contributed by atoms with E-state index in [1.807, 2.05) is 23.9 Å². The monoisotopic (exact) mass is 204 g/mol. The summed E-state index contributed by atoms with van der Waals surface area (Å²) >= 11 is 5.94. The van der Waals surface area contributed by atoms with Crippen molar-refractivity contribution in [2.45, 2.75) is 6.42 Å². The molecule has 1 aliphatic rings. The van der Waals surface area contributed by atoms with Crippen LogP contribution in [0.4, 0.5) is 0 Å². The average molecular weight is 205 g/mol. The van der Waals surface area contributed by atoms with E-state index in [-0.39, 0.29) is 0 Å². The minimum atomic E-state index is 0.804. The van der Waals surface area contributed by atoms with E-state index in [2.05, 4.69) is 17.4 Å². The molecule has 0 amide bonds. The molecule has 1 aromatic heterocycles. The predicted molar refractivity (Wildman–Crippen MR) is 56.5 cm³/mol. The van der Waals surface area contributed by atoms with Crippen LogP contribution in [-0.4, -0.2) is 9.78 Å². The van der Waals surface area contributed by atoms with Gasteiger partial charge in [0.1, 0.15) is 0 Å². The van der Waals surface area contributed by atoms with Gasteiger partial charge in [0.25, 0.3) is 0 Å². The van der Waals surface area contributed by atoms with Crippen LogP contribution in [0.1, 0.15) is 11.1 Å². The summed E-state index contributed by atoms with van der Waals surface area (Å²) in [6, 6.07) is 6.00. The molecule has 1 aromatic carbocycles. The SMILES string of the molecule is Cn1cc2c(n1)-c1ccc(Cl)cc1C2. The summed E-state index contributed by atoms with van der Waals surface area (Å²) in [5.41, 5.74) is 4.92. The normalized spacial score (nSPS) is 12.7. The second kappa shape index (κ2) is 2.61. The van der Waals surface area contributed by atoms with Crippen molar-refractivity contribution < 1.29 is 0 Å². The van der Waals surface area contributed by atoms with Crippen molar-refractivity contribution in [2.24, 2.45) is 7.05 Å². The van der Waals surface area contributed by atoms with Gasteiger partial charge in [-0.3, -0.25) is 4.68 Å². The maximum absolute atomic E-state index is 5.94. The summed E-state index contributed by atoms with van der Waals surface area (Å²) in [4.78, 5) is 0. The van der Waals surface area contributed by atoms with Crippen molar-refractivity contribution in [3.63, 3.8) is 0 Å². The van der Waals surface area contributed by atoms with Crippen molar-refractivity contribution in [1.82, 2.24) is 9.78 Å². The quantitative estimate of drug-likeness (QED) is 0.551. The highest BCUT2D eigenvalue weighted by atomic mass is 35.5. The van der Waals surface area contributed by atoms with Gasteiger partial charge in [0.15, 0.2) is 0 Å². The van der Waals surface area contributed by atoms with Crippen molar-refractivity contribution >= 4 is 11.6 Å². The Morgan fingerprint density at radius 2 is 2.21 bits per heavy atom. The Morgan fingerprint density at radius 3 is 3.07 bits per heavy atom. The summed E-state index contributed by atoms with van der Waals surface area (Å²) in [6.45, 7) is 0. The fourth-order valence-electron chi connectivity index (χ4n) is 2.04. The molecular formula is C11H9ClN2. The van der Waals surface area contributed by atoms with Crippen molar-refractivity contribution in [3.8, 4) is 11.3 Å². The molecule has 2 nitrogen and oxygen atoms in total. The van der Waals surface area contributed by atoms with Gasteiger partial charge in [-0.15, -0.1) is 0 Å². The molecule has 0 spiro atoms. The predicted octanol–water partition coefficient (Wildman–Crippen LogP) is 2.64. The van der Waals surface area contributed by atoms with Gasteiger partial charge in [-0.25, -0.2) is 0 Å². The fraction of sp³-hybridized carbons (Fsp3) is 0.182. The molecule has 0 radical (unpaired) electrons. The van der Waals surface area contributed by atoms with Crippen molar-refractivity contribution in [3.05, 3.63) is 40.5 Å². The van der Waals surface area contributed by atoms with Gasteiger partial charge >= 0.3 is 0 Å². The Bertz CT molecular complexity index is 514. The van der Waals surface area contributed by atoms with Crippen LogP contribution in [-0.2, 0) is 13.5 Å². The molecule has 0 saturated carbocycles. The first-order chi connectivity index (χ1) is 6.74. The highest BCUT2D eigenvalue weighted by Gasteiger charge is 2.21. The number of hydrogen-bond donors (Lipinski definition) is 0. The molecule has 2 aromatic rings. The van der Waals surface area contributed by atoms with Crippen LogP contribution >= 0.6 is 11.6 Å². The van der Waals surface area contributed by atoms with Gasteiger partial charge < -0.3 is 0 Å². The zero-order valence-electron chi connectivity index (χ0n) is 7.79. The molecule has 1 aliphatic carbocycles. The summed E-state index contributed by atoms with van der Waals surface area (Å²) in [5.74, 6) is 0. The van der Waals surface area contributed by atoms with E-state index in [1.54, 1.807) is 0 Å². The van der Waals surface area contributed by atoms with Gasteiger partial charge in [0.2, 0.25) is 0 Å². The van der Waals surface area contributed by atoms with Gasteiger partial charge in [0.05, 0.1) is 5.69 Å². The lowest BCUT2D eigenvalue weighted by Crippen LogP contribution is -1.89. The Hall–Kier alpha value is -1.28. The topological polar surface area (TPSA) is 17.8 Å². The molecule has 0 aliphatic heterocycles. The Balaban J connectivity index is 2.25. The van der Waals surface area contributed by atoms with Crippen LogP contribution in [0.2, 0.25) is 5.02 Å². The number of aryl methyl sites for hydroxylation is 1. The number of rotatable bonds is 0. The van der Waals surface area contributed by atoms with E-state index >= 15 is 0 Å². The first-order valence-corrected chi connectivity index (χ1v) is 4.93. The van der Waals surface area contributed by atoms with E-state index in [9.17, 15) is 0 Å². The molecule has 3 heteroatoms. The van der Waals surface area contributed by atoms with Crippen molar-refractivity contribution in [2.75, 3.05) is 0 Å². The summed E-state index contributed by atoms with van der Waals surface area (Å²) < 4.78 is 1.86. The molecule has 1 heterocycles. The van der Waals surface area contributed by atoms with E-state index < -0.39 is 0 Å². The van der Waals surface area contributed by atoms with Gasteiger partial charge in [-0.1, -0.05) is 17.7 Å². The lowest BCUT2D eigenvalue weighted by molar-refractivity contribution is 0.768. The second-order valence-electron chi connectivity index (χ2n) is 3.65. The van der Waals surface area contributed by atoms with E-state index in [4.69, 9.17) is 11.6 Å². The van der Waals surface area contributed by atoms with Crippen LogP contribution in [0.5, 0.6) is 0 Å². The fourth-order valence-corrected chi connectivity index (χ4v) is 2.23. The lowest BCUT2D eigenvalue weighted by atomic mass is 10.1. The Labute approximate surface area is 87.1 Å². The van der Waals surface area contributed by atoms with Gasteiger partial charge in [-0.2, -0.15) is 5.10 Å². The first-order valence-electron chi connectivity index (χ1n) is 4.55. The number of hydrogen-bond acceptors (Lipinski definition) is 1. The van der Waals surface area contributed by atoms with Crippen LogP contribution in [0, 0.1) is 0 Å². The zero-order chi connectivity index (χ0) is 9.71. The third kappa shape index (κ3) is 1.01. The second-order valence-corrected chi connectivity index (χ2v) is 4.09. The minimum absolute atomic E-state index is 0.804. The molecular weight excluding hydrogens is 196 g/mol.